The van der Waals surface area contributed by atoms with Crippen molar-refractivity contribution in [2.75, 3.05) is 0 Å². The number of furan rings is 1. The molecule has 1 amide bonds. The predicted molar refractivity (Wildman–Crippen MR) is 88.2 cm³/mol. The van der Waals surface area contributed by atoms with Crippen molar-refractivity contribution in [3.63, 3.8) is 0 Å². The van der Waals surface area contributed by atoms with Crippen LogP contribution in [0.5, 0.6) is 0 Å². The Hall–Kier alpha value is -2.53. The number of carbonyl (C=O) groups excluding carboxylic acids is 1. The van der Waals surface area contributed by atoms with Crippen LogP contribution in [0.4, 0.5) is 0 Å². The molecule has 0 atom stereocenters. The van der Waals surface area contributed by atoms with Crippen molar-refractivity contribution < 1.29 is 9.21 Å². The Morgan fingerprint density at radius 2 is 2.13 bits per heavy atom. The van der Waals surface area contributed by atoms with E-state index in [1.54, 1.807) is 30.7 Å². The van der Waals surface area contributed by atoms with Gasteiger partial charge in [-0.25, -0.2) is 4.98 Å². The minimum absolute atomic E-state index is 0.252. The van der Waals surface area contributed by atoms with Crippen LogP contribution in [0.15, 0.2) is 53.3 Å². The monoisotopic (exact) mass is 329 g/mol. The molecule has 2 aromatic heterocycles. The van der Waals surface area contributed by atoms with Gasteiger partial charge in [-0.1, -0.05) is 23.7 Å². The molecular weight excluding hydrogens is 314 g/mol. The number of aryl methyl sites for hydroxylation is 1. The quantitative estimate of drug-likeness (QED) is 0.775. The molecule has 0 saturated carbocycles. The minimum Gasteiger partial charge on any atom is -0.451 e. The Morgan fingerprint density at radius 3 is 2.91 bits per heavy atom. The standard InChI is InChI=1S/C17H16ClN3O2/c1-2-21-11-19-9-12(21)10-20-17(22)16-8-7-15(23-16)13-5-3-4-6-14(13)18/h3-9,11H,2,10H2,1H3,(H,20,22). The van der Waals surface area contributed by atoms with E-state index in [1.807, 2.05) is 29.7 Å². The molecule has 6 heteroatoms. The third kappa shape index (κ3) is 3.29. The van der Waals surface area contributed by atoms with Crippen LogP contribution < -0.4 is 5.32 Å². The van der Waals surface area contributed by atoms with Gasteiger partial charge < -0.3 is 14.3 Å². The van der Waals surface area contributed by atoms with Crippen LogP contribution in [0.3, 0.4) is 0 Å². The molecule has 0 saturated heterocycles. The van der Waals surface area contributed by atoms with Crippen molar-refractivity contribution in [3.8, 4) is 11.3 Å². The van der Waals surface area contributed by atoms with Gasteiger partial charge in [0, 0.05) is 18.3 Å². The number of hydrogen-bond donors (Lipinski definition) is 1. The zero-order valence-electron chi connectivity index (χ0n) is 12.6. The highest BCUT2D eigenvalue weighted by molar-refractivity contribution is 6.33. The fourth-order valence-electron chi connectivity index (χ4n) is 2.30. The molecule has 0 aliphatic heterocycles. The molecule has 0 aliphatic rings. The second-order valence-electron chi connectivity index (χ2n) is 5.00. The SMILES string of the molecule is CCn1cncc1CNC(=O)c1ccc(-c2ccccc2Cl)o1. The van der Waals surface area contributed by atoms with E-state index in [0.29, 0.717) is 17.3 Å². The van der Waals surface area contributed by atoms with Crippen LogP contribution in [0.2, 0.25) is 5.02 Å². The summed E-state index contributed by atoms with van der Waals surface area (Å²) in [5.41, 5.74) is 1.70. The molecule has 0 bridgehead atoms. The Bertz CT molecular complexity index is 823. The van der Waals surface area contributed by atoms with Crippen molar-refractivity contribution >= 4 is 17.5 Å². The van der Waals surface area contributed by atoms with Crippen molar-refractivity contribution in [2.24, 2.45) is 0 Å². The summed E-state index contributed by atoms with van der Waals surface area (Å²) in [6.45, 7) is 3.23. The number of carbonyl (C=O) groups is 1. The van der Waals surface area contributed by atoms with Crippen molar-refractivity contribution in [1.29, 1.82) is 0 Å². The lowest BCUT2D eigenvalue weighted by molar-refractivity contribution is 0.0923. The first-order valence-electron chi connectivity index (χ1n) is 7.31. The van der Waals surface area contributed by atoms with Gasteiger partial charge in [-0.2, -0.15) is 0 Å². The van der Waals surface area contributed by atoms with E-state index in [0.717, 1.165) is 17.8 Å². The number of hydrogen-bond acceptors (Lipinski definition) is 3. The molecule has 0 fully saturated rings. The third-order valence-electron chi connectivity index (χ3n) is 3.54. The van der Waals surface area contributed by atoms with Crippen LogP contribution in [0.1, 0.15) is 23.2 Å². The maximum absolute atomic E-state index is 12.2. The van der Waals surface area contributed by atoms with Crippen LogP contribution in [0.25, 0.3) is 11.3 Å². The second kappa shape index (κ2) is 6.71. The largest absolute Gasteiger partial charge is 0.451 e. The summed E-state index contributed by atoms with van der Waals surface area (Å²) < 4.78 is 7.59. The molecule has 0 radical (unpaired) electrons. The number of benzene rings is 1. The Kier molecular flexibility index (Phi) is 4.48. The van der Waals surface area contributed by atoms with Crippen LogP contribution in [-0.4, -0.2) is 15.5 Å². The molecule has 2 heterocycles. The van der Waals surface area contributed by atoms with Gasteiger partial charge in [0.15, 0.2) is 5.76 Å². The molecule has 0 spiro atoms. The number of imidazole rings is 1. The third-order valence-corrected chi connectivity index (χ3v) is 3.87. The van der Waals surface area contributed by atoms with Crippen molar-refractivity contribution in [1.82, 2.24) is 14.9 Å². The number of halogens is 1. The summed E-state index contributed by atoms with van der Waals surface area (Å²) in [5, 5.41) is 3.41. The fourth-order valence-corrected chi connectivity index (χ4v) is 2.53. The molecular formula is C17H16ClN3O2. The van der Waals surface area contributed by atoms with Crippen molar-refractivity contribution in [3.05, 3.63) is 65.4 Å². The minimum atomic E-state index is -0.271. The molecule has 23 heavy (non-hydrogen) atoms. The second-order valence-corrected chi connectivity index (χ2v) is 5.40. The zero-order chi connectivity index (χ0) is 16.2. The first-order valence-corrected chi connectivity index (χ1v) is 7.68. The summed E-state index contributed by atoms with van der Waals surface area (Å²) in [6.07, 6.45) is 3.48. The summed E-state index contributed by atoms with van der Waals surface area (Å²) in [6, 6.07) is 10.7. The van der Waals surface area contributed by atoms with E-state index in [9.17, 15) is 4.79 Å². The number of aromatic nitrogens is 2. The van der Waals surface area contributed by atoms with E-state index in [-0.39, 0.29) is 11.7 Å². The maximum atomic E-state index is 12.2. The van der Waals surface area contributed by atoms with Gasteiger partial charge in [0.05, 0.1) is 23.6 Å². The first kappa shape index (κ1) is 15.4. The highest BCUT2D eigenvalue weighted by atomic mass is 35.5. The molecule has 1 N–H and O–H groups in total. The average molecular weight is 330 g/mol. The molecule has 5 nitrogen and oxygen atoms in total. The number of amides is 1. The van der Waals surface area contributed by atoms with E-state index in [2.05, 4.69) is 10.3 Å². The summed E-state index contributed by atoms with van der Waals surface area (Å²) in [5.74, 6) is 0.550. The molecule has 0 unspecified atom stereocenters. The van der Waals surface area contributed by atoms with E-state index < -0.39 is 0 Å². The van der Waals surface area contributed by atoms with Crippen LogP contribution >= 0.6 is 11.6 Å². The summed E-state index contributed by atoms with van der Waals surface area (Å²) in [4.78, 5) is 16.3. The lowest BCUT2D eigenvalue weighted by atomic mass is 10.2. The lowest BCUT2D eigenvalue weighted by Gasteiger charge is -2.06. The van der Waals surface area contributed by atoms with Crippen molar-refractivity contribution in [2.45, 2.75) is 20.0 Å². The van der Waals surface area contributed by atoms with E-state index in [4.69, 9.17) is 16.0 Å². The predicted octanol–water partition coefficient (Wildman–Crippen LogP) is 3.75. The van der Waals surface area contributed by atoms with Gasteiger partial charge in [0.25, 0.3) is 5.91 Å². The molecule has 118 valence electrons. The Balaban J connectivity index is 1.71. The van der Waals surface area contributed by atoms with E-state index >= 15 is 0 Å². The molecule has 3 rings (SSSR count). The fraction of sp³-hybridized carbons (Fsp3) is 0.176. The maximum Gasteiger partial charge on any atom is 0.287 e. The highest BCUT2D eigenvalue weighted by Gasteiger charge is 2.14. The number of rotatable bonds is 5. The zero-order valence-corrected chi connectivity index (χ0v) is 13.4. The number of nitrogens with one attached hydrogen (secondary N) is 1. The molecule has 3 aromatic rings. The smallest absolute Gasteiger partial charge is 0.287 e. The number of nitrogens with zero attached hydrogens (tertiary/aromatic N) is 2. The summed E-state index contributed by atoms with van der Waals surface area (Å²) in [7, 11) is 0. The Morgan fingerprint density at radius 1 is 1.30 bits per heavy atom. The van der Waals surface area contributed by atoms with Gasteiger partial charge in [0.2, 0.25) is 0 Å². The van der Waals surface area contributed by atoms with Gasteiger partial charge in [-0.3, -0.25) is 4.79 Å². The van der Waals surface area contributed by atoms with Gasteiger partial charge in [-0.15, -0.1) is 0 Å². The summed E-state index contributed by atoms with van der Waals surface area (Å²) >= 11 is 6.14. The van der Waals surface area contributed by atoms with Crippen LogP contribution in [0, 0.1) is 0 Å². The first-order chi connectivity index (χ1) is 11.2. The molecule has 0 aliphatic carbocycles. The highest BCUT2D eigenvalue weighted by Crippen LogP contribution is 2.28. The topological polar surface area (TPSA) is 60.1 Å². The molecule has 1 aromatic carbocycles. The van der Waals surface area contributed by atoms with Gasteiger partial charge in [-0.05, 0) is 31.2 Å². The normalized spacial score (nSPS) is 10.7. The van der Waals surface area contributed by atoms with Gasteiger partial charge in [0.1, 0.15) is 5.76 Å². The van der Waals surface area contributed by atoms with Crippen LogP contribution in [-0.2, 0) is 13.1 Å². The average Bonchev–Trinajstić information content (AvgIpc) is 3.22. The lowest BCUT2D eigenvalue weighted by Crippen LogP contribution is -2.23. The Labute approximate surface area is 138 Å². The van der Waals surface area contributed by atoms with Gasteiger partial charge >= 0.3 is 0 Å². The van der Waals surface area contributed by atoms with E-state index in [1.165, 1.54) is 0 Å².